The molecule has 0 radical (unpaired) electrons. The van der Waals surface area contributed by atoms with Crippen molar-refractivity contribution in [1.29, 1.82) is 0 Å². The Morgan fingerprint density at radius 2 is 1.65 bits per heavy atom. The molecule has 2 amide bonds. The van der Waals surface area contributed by atoms with E-state index in [-0.39, 0.29) is 35.5 Å². The number of nitrogens with zero attached hydrogens (tertiary/aromatic N) is 2. The molecule has 0 spiro atoms. The summed E-state index contributed by atoms with van der Waals surface area (Å²) in [6.45, 7) is 0.522. The summed E-state index contributed by atoms with van der Waals surface area (Å²) < 4.78 is 0. The van der Waals surface area contributed by atoms with Crippen LogP contribution in [0.1, 0.15) is 45.2 Å². The van der Waals surface area contributed by atoms with Gasteiger partial charge in [0.05, 0.1) is 16.6 Å². The first kappa shape index (κ1) is 24.0. The molecule has 2 aromatic carbocycles. The normalized spacial score (nSPS) is 17.4. The number of amides is 2. The van der Waals surface area contributed by atoms with Gasteiger partial charge >= 0.3 is 0 Å². The predicted molar refractivity (Wildman–Crippen MR) is 139 cm³/mol. The minimum Gasteiger partial charge on any atom is -0.330 e. The predicted octanol–water partition coefficient (Wildman–Crippen LogP) is 7.14. The number of hydrogen-bond donors (Lipinski definition) is 0. The molecular weight excluding hydrogens is 534 g/mol. The van der Waals surface area contributed by atoms with Gasteiger partial charge in [-0.15, -0.1) is 11.3 Å². The van der Waals surface area contributed by atoms with Crippen LogP contribution in [0, 0.1) is 0 Å². The van der Waals surface area contributed by atoms with Crippen molar-refractivity contribution in [2.45, 2.75) is 31.3 Å². The lowest BCUT2D eigenvalue weighted by Crippen LogP contribution is -2.47. The van der Waals surface area contributed by atoms with Crippen molar-refractivity contribution in [3.8, 4) is 0 Å². The van der Waals surface area contributed by atoms with Gasteiger partial charge in [0.15, 0.2) is 0 Å². The van der Waals surface area contributed by atoms with Crippen LogP contribution in [-0.4, -0.2) is 40.7 Å². The lowest BCUT2D eigenvalue weighted by atomic mass is 9.93. The molecule has 1 fully saturated rings. The van der Waals surface area contributed by atoms with Gasteiger partial charge < -0.3 is 9.80 Å². The van der Waals surface area contributed by atoms with Gasteiger partial charge in [0.1, 0.15) is 6.54 Å². The maximum absolute atomic E-state index is 13.7. The fourth-order valence-corrected chi connectivity index (χ4v) is 6.36. The average molecular weight is 554 g/mol. The maximum atomic E-state index is 13.7. The number of thiophene rings is 1. The largest absolute Gasteiger partial charge is 0.330 e. The number of carbonyl (C=O) groups excluding carboxylic acids is 2. The van der Waals surface area contributed by atoms with E-state index in [0.717, 1.165) is 30.4 Å². The minimum absolute atomic E-state index is 0.0242. The Labute approximate surface area is 222 Å². The molecule has 1 aliphatic heterocycles. The molecule has 5 rings (SSSR count). The Bertz CT molecular complexity index is 1270. The van der Waals surface area contributed by atoms with Gasteiger partial charge in [0.2, 0.25) is 5.91 Å². The van der Waals surface area contributed by atoms with Crippen molar-refractivity contribution in [3.63, 3.8) is 0 Å². The number of hydrogen-bond acceptors (Lipinski definition) is 3. The summed E-state index contributed by atoms with van der Waals surface area (Å²) in [4.78, 5) is 31.8. The summed E-state index contributed by atoms with van der Waals surface area (Å²) in [7, 11) is 0. The monoisotopic (exact) mass is 552 g/mol. The molecule has 0 saturated heterocycles. The Morgan fingerprint density at radius 3 is 2.32 bits per heavy atom. The van der Waals surface area contributed by atoms with Crippen molar-refractivity contribution in [2.24, 2.45) is 0 Å². The first-order valence-corrected chi connectivity index (χ1v) is 13.3. The summed E-state index contributed by atoms with van der Waals surface area (Å²) in [6.07, 6.45) is 2.50. The van der Waals surface area contributed by atoms with Crippen molar-refractivity contribution < 1.29 is 9.59 Å². The zero-order valence-electron chi connectivity index (χ0n) is 17.9. The summed E-state index contributed by atoms with van der Waals surface area (Å²) in [5.74, 6) is -0.384. The zero-order chi connectivity index (χ0) is 24.0. The van der Waals surface area contributed by atoms with Crippen LogP contribution < -0.4 is 0 Å². The third kappa shape index (κ3) is 4.69. The van der Waals surface area contributed by atoms with E-state index in [1.165, 1.54) is 4.88 Å². The minimum atomic E-state index is -0.331. The van der Waals surface area contributed by atoms with E-state index < -0.39 is 0 Å². The standard InChI is InChI=1S/C25H20Cl4N2O2S/c26-14-1-5-17(20(28)11-14)24-19-8-10-34-22(19)7-9-30(24)23(32)13-31(16-3-4-16)25(33)18-6-2-15(27)12-21(18)29/h1-2,5-6,8,10-12,16,24H,3-4,7,9,13H2. The summed E-state index contributed by atoms with van der Waals surface area (Å²) >= 11 is 26.7. The fraction of sp³-hybridized carbons (Fsp3) is 0.280. The third-order valence-electron chi connectivity index (χ3n) is 6.26. The number of benzene rings is 2. The number of halogens is 4. The van der Waals surface area contributed by atoms with Crippen LogP contribution in [0.25, 0.3) is 0 Å². The molecule has 2 heterocycles. The van der Waals surface area contributed by atoms with Crippen molar-refractivity contribution >= 4 is 69.6 Å². The second-order valence-electron chi connectivity index (χ2n) is 8.49. The van der Waals surface area contributed by atoms with Crippen LogP contribution in [-0.2, 0) is 11.2 Å². The topological polar surface area (TPSA) is 40.6 Å². The quantitative estimate of drug-likeness (QED) is 0.337. The summed E-state index contributed by atoms with van der Waals surface area (Å²) in [6, 6.07) is 11.9. The molecule has 9 heteroatoms. The molecule has 0 N–H and O–H groups in total. The molecule has 1 aliphatic carbocycles. The number of carbonyl (C=O) groups is 2. The second kappa shape index (κ2) is 9.71. The molecule has 1 atom stereocenters. The highest BCUT2D eigenvalue weighted by Gasteiger charge is 2.39. The van der Waals surface area contributed by atoms with Crippen LogP contribution in [0.2, 0.25) is 20.1 Å². The Kier molecular flexibility index (Phi) is 6.84. The van der Waals surface area contributed by atoms with E-state index in [1.807, 2.05) is 22.4 Å². The van der Waals surface area contributed by atoms with Crippen LogP contribution >= 0.6 is 57.7 Å². The molecule has 2 aliphatic rings. The van der Waals surface area contributed by atoms with Gasteiger partial charge in [-0.2, -0.15) is 0 Å². The molecule has 1 unspecified atom stereocenters. The van der Waals surface area contributed by atoms with E-state index in [0.29, 0.717) is 27.2 Å². The first-order valence-electron chi connectivity index (χ1n) is 10.9. The molecule has 176 valence electrons. The first-order chi connectivity index (χ1) is 16.3. The molecule has 34 heavy (non-hydrogen) atoms. The molecule has 0 bridgehead atoms. The van der Waals surface area contributed by atoms with Crippen molar-refractivity contribution in [2.75, 3.05) is 13.1 Å². The lowest BCUT2D eigenvalue weighted by molar-refractivity contribution is -0.134. The van der Waals surface area contributed by atoms with Crippen LogP contribution in [0.4, 0.5) is 0 Å². The van der Waals surface area contributed by atoms with Gasteiger partial charge in [-0.3, -0.25) is 9.59 Å². The van der Waals surface area contributed by atoms with E-state index in [4.69, 9.17) is 46.4 Å². The second-order valence-corrected chi connectivity index (χ2v) is 11.2. The van der Waals surface area contributed by atoms with Gasteiger partial charge in [0, 0.05) is 32.5 Å². The lowest BCUT2D eigenvalue weighted by Gasteiger charge is -2.38. The van der Waals surface area contributed by atoms with Crippen LogP contribution in [0.3, 0.4) is 0 Å². The van der Waals surface area contributed by atoms with E-state index >= 15 is 0 Å². The highest BCUT2D eigenvalue weighted by atomic mass is 35.5. The van der Waals surface area contributed by atoms with Crippen molar-refractivity contribution in [3.05, 3.63) is 89.5 Å². The fourth-order valence-electron chi connectivity index (χ4n) is 4.45. The SMILES string of the molecule is O=C(c1ccc(Cl)cc1Cl)N(CC(=O)N1CCc2sccc2C1c1ccc(Cl)cc1Cl)C1CC1. The van der Waals surface area contributed by atoms with Gasteiger partial charge in [-0.05, 0) is 72.2 Å². The Hall–Kier alpha value is -1.76. The number of rotatable bonds is 5. The highest BCUT2D eigenvalue weighted by molar-refractivity contribution is 7.10. The number of fused-ring (bicyclic) bond motifs is 1. The average Bonchev–Trinajstić information content (AvgIpc) is 3.52. The van der Waals surface area contributed by atoms with Crippen LogP contribution in [0.5, 0.6) is 0 Å². The van der Waals surface area contributed by atoms with E-state index in [9.17, 15) is 9.59 Å². The molecule has 3 aromatic rings. The Balaban J connectivity index is 1.45. The van der Waals surface area contributed by atoms with E-state index in [2.05, 4.69) is 0 Å². The van der Waals surface area contributed by atoms with Gasteiger partial charge in [0.25, 0.3) is 5.91 Å². The maximum Gasteiger partial charge on any atom is 0.256 e. The molecule has 1 saturated carbocycles. The highest BCUT2D eigenvalue weighted by Crippen LogP contribution is 2.41. The molecule has 1 aromatic heterocycles. The van der Waals surface area contributed by atoms with E-state index in [1.54, 1.807) is 46.6 Å². The smallest absolute Gasteiger partial charge is 0.256 e. The summed E-state index contributed by atoms with van der Waals surface area (Å²) in [5.41, 5.74) is 2.24. The van der Waals surface area contributed by atoms with Crippen molar-refractivity contribution in [1.82, 2.24) is 9.80 Å². The molecule has 4 nitrogen and oxygen atoms in total. The van der Waals surface area contributed by atoms with Gasteiger partial charge in [-0.1, -0.05) is 52.5 Å². The van der Waals surface area contributed by atoms with Gasteiger partial charge in [-0.25, -0.2) is 0 Å². The van der Waals surface area contributed by atoms with Crippen LogP contribution in [0.15, 0.2) is 47.8 Å². The Morgan fingerprint density at radius 1 is 0.941 bits per heavy atom. The summed E-state index contributed by atoms with van der Waals surface area (Å²) in [5, 5.41) is 3.83. The third-order valence-corrected chi connectivity index (χ3v) is 8.37. The molecular formula is C25H20Cl4N2O2S. The zero-order valence-corrected chi connectivity index (χ0v) is 21.8.